The lowest BCUT2D eigenvalue weighted by Gasteiger charge is -2.38. The van der Waals surface area contributed by atoms with Gasteiger partial charge in [0.25, 0.3) is 5.89 Å². The highest BCUT2D eigenvalue weighted by molar-refractivity contribution is 5.85. The number of amides is 1. The van der Waals surface area contributed by atoms with Crippen LogP contribution in [-0.4, -0.2) is 47.8 Å². The van der Waals surface area contributed by atoms with Crippen molar-refractivity contribution in [1.29, 1.82) is 5.26 Å². The van der Waals surface area contributed by atoms with E-state index in [0.717, 1.165) is 30.6 Å². The van der Waals surface area contributed by atoms with Crippen molar-refractivity contribution in [1.82, 2.24) is 15.0 Å². The Kier molecular flexibility index (Phi) is 5.49. The SMILES string of the molecule is COc1ccc(-c2nc([C@H]3CN(C(=O)C4(C#N)CCCCC4)CCO3)no2)cc1. The lowest BCUT2D eigenvalue weighted by molar-refractivity contribution is -0.148. The van der Waals surface area contributed by atoms with E-state index in [-0.39, 0.29) is 5.91 Å². The van der Waals surface area contributed by atoms with Crippen molar-refractivity contribution in [3.8, 4) is 23.3 Å². The minimum atomic E-state index is -0.897. The summed E-state index contributed by atoms with van der Waals surface area (Å²) in [6, 6.07) is 9.64. The molecule has 4 rings (SSSR count). The number of hydrogen-bond donors (Lipinski definition) is 0. The predicted molar refractivity (Wildman–Crippen MR) is 103 cm³/mol. The highest BCUT2D eigenvalue weighted by Crippen LogP contribution is 2.38. The van der Waals surface area contributed by atoms with Gasteiger partial charge in [0.1, 0.15) is 17.3 Å². The van der Waals surface area contributed by atoms with E-state index in [4.69, 9.17) is 14.0 Å². The van der Waals surface area contributed by atoms with Crippen LogP contribution in [0.5, 0.6) is 5.75 Å². The van der Waals surface area contributed by atoms with Crippen molar-refractivity contribution in [2.75, 3.05) is 26.8 Å². The number of morpholine rings is 1. The lowest BCUT2D eigenvalue weighted by atomic mass is 9.74. The Morgan fingerprint density at radius 1 is 1.28 bits per heavy atom. The summed E-state index contributed by atoms with van der Waals surface area (Å²) in [5.74, 6) is 1.44. The highest BCUT2D eigenvalue weighted by Gasteiger charge is 2.44. The highest BCUT2D eigenvalue weighted by atomic mass is 16.5. The molecule has 2 fully saturated rings. The average molecular weight is 396 g/mol. The van der Waals surface area contributed by atoms with Gasteiger partial charge in [-0.1, -0.05) is 24.4 Å². The van der Waals surface area contributed by atoms with Crippen molar-refractivity contribution in [3.05, 3.63) is 30.1 Å². The zero-order valence-corrected chi connectivity index (χ0v) is 16.5. The summed E-state index contributed by atoms with van der Waals surface area (Å²) in [4.78, 5) is 19.3. The Bertz CT molecular complexity index is 896. The summed E-state index contributed by atoms with van der Waals surface area (Å²) in [7, 11) is 1.61. The Morgan fingerprint density at radius 2 is 2.03 bits per heavy atom. The Hall–Kier alpha value is -2.92. The van der Waals surface area contributed by atoms with Crippen LogP contribution in [0.1, 0.15) is 44.0 Å². The van der Waals surface area contributed by atoms with Crippen molar-refractivity contribution < 1.29 is 18.8 Å². The van der Waals surface area contributed by atoms with Gasteiger partial charge >= 0.3 is 0 Å². The van der Waals surface area contributed by atoms with E-state index >= 15 is 0 Å². The van der Waals surface area contributed by atoms with Crippen molar-refractivity contribution in [2.24, 2.45) is 5.41 Å². The maximum absolute atomic E-state index is 13.1. The first-order chi connectivity index (χ1) is 14.1. The van der Waals surface area contributed by atoms with E-state index in [9.17, 15) is 10.1 Å². The number of hydrogen-bond acceptors (Lipinski definition) is 7. The molecule has 0 radical (unpaired) electrons. The minimum Gasteiger partial charge on any atom is -0.497 e. The molecule has 1 atom stereocenters. The Labute approximate surface area is 169 Å². The van der Waals surface area contributed by atoms with E-state index in [1.165, 1.54) is 0 Å². The molecule has 8 nitrogen and oxygen atoms in total. The number of nitrogens with zero attached hydrogens (tertiary/aromatic N) is 4. The molecule has 1 aromatic carbocycles. The largest absolute Gasteiger partial charge is 0.497 e. The van der Waals surface area contributed by atoms with Crippen LogP contribution in [0.25, 0.3) is 11.5 Å². The molecule has 1 aliphatic carbocycles. The summed E-state index contributed by atoms with van der Waals surface area (Å²) in [5, 5.41) is 13.8. The monoisotopic (exact) mass is 396 g/mol. The number of nitriles is 1. The van der Waals surface area contributed by atoms with Gasteiger partial charge < -0.3 is 18.9 Å². The summed E-state index contributed by atoms with van der Waals surface area (Å²) in [5.41, 5.74) is -0.120. The molecular weight excluding hydrogens is 372 g/mol. The topological polar surface area (TPSA) is 101 Å². The van der Waals surface area contributed by atoms with Gasteiger partial charge in [-0.15, -0.1) is 0 Å². The summed E-state index contributed by atoms with van der Waals surface area (Å²) < 4.78 is 16.4. The Balaban J connectivity index is 1.48. The second-order valence-corrected chi connectivity index (χ2v) is 7.55. The molecule has 2 aromatic rings. The first-order valence-corrected chi connectivity index (χ1v) is 9.95. The van der Waals surface area contributed by atoms with Crippen LogP contribution >= 0.6 is 0 Å². The van der Waals surface area contributed by atoms with Crippen LogP contribution in [0.3, 0.4) is 0 Å². The smallest absolute Gasteiger partial charge is 0.258 e. The van der Waals surface area contributed by atoms with E-state index in [1.807, 2.05) is 24.3 Å². The van der Waals surface area contributed by atoms with Crippen LogP contribution in [0.2, 0.25) is 0 Å². The van der Waals surface area contributed by atoms with E-state index in [2.05, 4.69) is 16.2 Å². The average Bonchev–Trinajstić information content (AvgIpc) is 3.29. The molecular formula is C21H24N4O4. The summed E-state index contributed by atoms with van der Waals surface area (Å²) >= 11 is 0. The first kappa shape index (κ1) is 19.4. The molecule has 1 aromatic heterocycles. The van der Waals surface area contributed by atoms with Crippen molar-refractivity contribution in [3.63, 3.8) is 0 Å². The molecule has 29 heavy (non-hydrogen) atoms. The zero-order valence-electron chi connectivity index (χ0n) is 16.5. The second kappa shape index (κ2) is 8.21. The maximum atomic E-state index is 13.1. The van der Waals surface area contributed by atoms with Crippen LogP contribution in [0, 0.1) is 16.7 Å². The van der Waals surface area contributed by atoms with Crippen molar-refractivity contribution >= 4 is 5.91 Å². The minimum absolute atomic E-state index is 0.0909. The lowest BCUT2D eigenvalue weighted by Crippen LogP contribution is -2.49. The van der Waals surface area contributed by atoms with Gasteiger partial charge in [-0.05, 0) is 37.1 Å². The normalized spacial score (nSPS) is 21.4. The van der Waals surface area contributed by atoms with Gasteiger partial charge in [0.2, 0.25) is 11.7 Å². The van der Waals surface area contributed by atoms with Crippen LogP contribution in [0.15, 0.2) is 28.8 Å². The summed E-state index contributed by atoms with van der Waals surface area (Å²) in [6.45, 7) is 1.18. The molecule has 0 bridgehead atoms. The number of rotatable bonds is 4. The molecule has 2 aliphatic rings. The van der Waals surface area contributed by atoms with Crippen LogP contribution < -0.4 is 4.74 Å². The quantitative estimate of drug-likeness (QED) is 0.782. The van der Waals surface area contributed by atoms with Crippen LogP contribution in [0.4, 0.5) is 0 Å². The fourth-order valence-corrected chi connectivity index (χ4v) is 4.04. The number of ether oxygens (including phenoxy) is 2. The molecule has 1 saturated heterocycles. The number of methoxy groups -OCH3 is 1. The zero-order chi connectivity index (χ0) is 20.3. The third-order valence-corrected chi connectivity index (χ3v) is 5.75. The van der Waals surface area contributed by atoms with Crippen LogP contribution in [-0.2, 0) is 9.53 Å². The van der Waals surface area contributed by atoms with Gasteiger partial charge in [-0.3, -0.25) is 4.79 Å². The summed E-state index contributed by atoms with van der Waals surface area (Å²) in [6.07, 6.45) is 3.72. The van der Waals surface area contributed by atoms with E-state index in [0.29, 0.717) is 44.3 Å². The number of carbonyl (C=O) groups excluding carboxylic acids is 1. The standard InChI is InChI=1S/C21H24N4O4/c1-27-16-7-5-15(6-8-16)19-23-18(24-29-19)17-13-25(11-12-28-17)20(26)21(14-22)9-3-2-4-10-21/h5-8,17H,2-4,9-13H2,1H3/t17-/m1/s1. The second-order valence-electron chi connectivity index (χ2n) is 7.55. The van der Waals surface area contributed by atoms with Gasteiger partial charge in [-0.2, -0.15) is 10.2 Å². The molecule has 0 unspecified atom stereocenters. The van der Waals surface area contributed by atoms with Gasteiger partial charge in [0.05, 0.1) is 26.3 Å². The third-order valence-electron chi connectivity index (χ3n) is 5.75. The third kappa shape index (κ3) is 3.83. The molecule has 152 valence electrons. The maximum Gasteiger partial charge on any atom is 0.258 e. The fraction of sp³-hybridized carbons (Fsp3) is 0.524. The molecule has 0 N–H and O–H groups in total. The molecule has 1 amide bonds. The number of carbonyl (C=O) groups is 1. The van der Waals surface area contributed by atoms with E-state index < -0.39 is 11.5 Å². The fourth-order valence-electron chi connectivity index (χ4n) is 4.04. The van der Waals surface area contributed by atoms with Gasteiger partial charge in [0.15, 0.2) is 0 Å². The van der Waals surface area contributed by atoms with Gasteiger partial charge in [-0.25, -0.2) is 0 Å². The molecule has 0 spiro atoms. The Morgan fingerprint density at radius 3 is 2.72 bits per heavy atom. The number of benzene rings is 1. The predicted octanol–water partition coefficient (Wildman–Crippen LogP) is 3.12. The van der Waals surface area contributed by atoms with Crippen molar-refractivity contribution in [2.45, 2.75) is 38.2 Å². The molecule has 1 saturated carbocycles. The number of aromatic nitrogens is 2. The molecule has 1 aliphatic heterocycles. The molecule has 8 heteroatoms. The molecule has 2 heterocycles. The van der Waals surface area contributed by atoms with E-state index in [1.54, 1.807) is 12.0 Å². The first-order valence-electron chi connectivity index (χ1n) is 9.95. The van der Waals surface area contributed by atoms with Gasteiger partial charge in [0, 0.05) is 12.1 Å².